The molecule has 96 valence electrons. The number of anilines is 1. The van der Waals surface area contributed by atoms with Gasteiger partial charge in [0, 0.05) is 7.05 Å². The molecule has 0 aliphatic carbocycles. The Labute approximate surface area is 95.8 Å². The number of rotatable bonds is 0. The molecule has 0 aromatic carbocycles. The molecule has 1 atom stereocenters. The van der Waals surface area contributed by atoms with Gasteiger partial charge in [-0.3, -0.25) is 14.3 Å². The molecule has 1 aromatic rings. The molecule has 1 aromatic heterocycles. The number of hydrogen-bond donors (Lipinski definition) is 7. The maximum Gasteiger partial charge on any atom is 0.327 e. The molecular formula is C7H15N7O3. The molecular weight excluding hydrogens is 230 g/mol. The molecule has 0 saturated heterocycles. The first-order valence-electron chi connectivity index (χ1n) is 4.64. The van der Waals surface area contributed by atoms with Crippen molar-refractivity contribution < 1.29 is 9.90 Å². The zero-order valence-electron chi connectivity index (χ0n) is 9.10. The second-order valence-corrected chi connectivity index (χ2v) is 3.31. The van der Waals surface area contributed by atoms with Gasteiger partial charge in [-0.15, -0.1) is 0 Å². The number of nitrogens with one attached hydrogen (secondary N) is 3. The number of fused-ring (bicyclic) bond motifs is 1. The highest BCUT2D eigenvalue weighted by atomic mass is 16.3. The molecule has 0 saturated carbocycles. The lowest BCUT2D eigenvalue weighted by Gasteiger charge is -2.20. The van der Waals surface area contributed by atoms with Gasteiger partial charge in [-0.2, -0.15) is 0 Å². The van der Waals surface area contributed by atoms with Gasteiger partial charge in [0.15, 0.2) is 5.69 Å². The van der Waals surface area contributed by atoms with Crippen molar-refractivity contribution in [1.29, 1.82) is 0 Å². The van der Waals surface area contributed by atoms with E-state index < -0.39 is 24.2 Å². The molecule has 1 unspecified atom stereocenters. The molecule has 0 spiro atoms. The van der Waals surface area contributed by atoms with Gasteiger partial charge in [0.1, 0.15) is 12.1 Å². The first kappa shape index (κ1) is 13.2. The Kier molecular flexibility index (Phi) is 3.85. The smallest absolute Gasteiger partial charge is 0.327 e. The van der Waals surface area contributed by atoms with E-state index in [0.29, 0.717) is 0 Å². The van der Waals surface area contributed by atoms with Crippen molar-refractivity contribution in [3.8, 4) is 0 Å². The van der Waals surface area contributed by atoms with Crippen LogP contribution in [-0.4, -0.2) is 33.2 Å². The van der Waals surface area contributed by atoms with Crippen molar-refractivity contribution in [2.24, 2.45) is 24.2 Å². The number of nitrogens with two attached hydrogens (primary N) is 3. The van der Waals surface area contributed by atoms with Crippen molar-refractivity contribution in [2.45, 2.75) is 12.6 Å². The third-order valence-electron chi connectivity index (χ3n) is 1.87. The topological polar surface area (TPSA) is 177 Å². The van der Waals surface area contributed by atoms with Gasteiger partial charge in [-0.1, -0.05) is 0 Å². The van der Waals surface area contributed by atoms with Crippen molar-refractivity contribution in [3.63, 3.8) is 0 Å². The number of amides is 1. The Bertz CT molecular complexity index is 460. The molecule has 2 heterocycles. The van der Waals surface area contributed by atoms with Crippen molar-refractivity contribution in [1.82, 2.24) is 14.9 Å². The van der Waals surface area contributed by atoms with Crippen molar-refractivity contribution in [3.05, 3.63) is 16.2 Å². The average molecular weight is 245 g/mol. The SMILES string of the molecule is Cn1c2c([nH]c1=O)NC(O)NC2=O.NC(N)N. The monoisotopic (exact) mass is 245 g/mol. The van der Waals surface area contributed by atoms with Crippen LogP contribution in [-0.2, 0) is 7.05 Å². The number of H-pyrrole nitrogens is 1. The second kappa shape index (κ2) is 4.97. The molecule has 10 nitrogen and oxygen atoms in total. The minimum atomic E-state index is -1.15. The molecule has 0 bridgehead atoms. The Hall–Kier alpha value is -1.88. The Morgan fingerprint density at radius 2 is 1.82 bits per heavy atom. The highest BCUT2D eigenvalue weighted by Gasteiger charge is 2.26. The summed E-state index contributed by atoms with van der Waals surface area (Å²) in [5, 5.41) is 13.8. The number of carbonyl (C=O) groups is 1. The summed E-state index contributed by atoms with van der Waals surface area (Å²) in [5.74, 6) is -0.245. The van der Waals surface area contributed by atoms with Crippen LogP contribution >= 0.6 is 0 Å². The molecule has 1 aliphatic heterocycles. The minimum Gasteiger partial charge on any atom is -0.356 e. The largest absolute Gasteiger partial charge is 0.356 e. The highest BCUT2D eigenvalue weighted by molar-refractivity contribution is 5.98. The molecule has 17 heavy (non-hydrogen) atoms. The summed E-state index contributed by atoms with van der Waals surface area (Å²) < 4.78 is 1.17. The number of carbonyl (C=O) groups excluding carboxylic acids is 1. The molecule has 1 amide bonds. The quantitative estimate of drug-likeness (QED) is 0.230. The fourth-order valence-corrected chi connectivity index (χ4v) is 1.25. The van der Waals surface area contributed by atoms with Gasteiger partial charge >= 0.3 is 5.69 Å². The van der Waals surface area contributed by atoms with Gasteiger partial charge in [-0.25, -0.2) is 4.79 Å². The van der Waals surface area contributed by atoms with E-state index >= 15 is 0 Å². The summed E-state index contributed by atoms with van der Waals surface area (Å²) in [4.78, 5) is 24.7. The van der Waals surface area contributed by atoms with Crippen LogP contribution in [0, 0.1) is 0 Å². The number of nitrogens with zero attached hydrogens (tertiary/aromatic N) is 1. The predicted octanol–water partition coefficient (Wildman–Crippen LogP) is -3.71. The van der Waals surface area contributed by atoms with Gasteiger partial charge in [0.25, 0.3) is 5.91 Å². The standard InChI is InChI=1S/C6H8N4O3.CH7N3/c1-10-2-3(8-6(10)13)7-5(12)9-4(2)11;2-1(3)4/h5,7,12H,1H3,(H,8,13)(H,9,11);1H,2-4H2. The summed E-state index contributed by atoms with van der Waals surface area (Å²) in [6.07, 6.45) is -1.82. The van der Waals surface area contributed by atoms with Crippen molar-refractivity contribution >= 4 is 11.7 Å². The number of imidazole rings is 1. The Morgan fingerprint density at radius 3 is 2.35 bits per heavy atom. The van der Waals surface area contributed by atoms with E-state index in [9.17, 15) is 9.59 Å². The zero-order chi connectivity index (χ0) is 13.2. The maximum absolute atomic E-state index is 11.2. The second-order valence-electron chi connectivity index (χ2n) is 3.31. The van der Waals surface area contributed by atoms with Crippen LogP contribution in [0.3, 0.4) is 0 Å². The summed E-state index contributed by atoms with van der Waals surface area (Å²) >= 11 is 0. The van der Waals surface area contributed by atoms with Gasteiger partial charge < -0.3 is 32.9 Å². The lowest BCUT2D eigenvalue weighted by molar-refractivity contribution is 0.0803. The van der Waals surface area contributed by atoms with Crippen LogP contribution in [0.15, 0.2) is 4.79 Å². The maximum atomic E-state index is 11.2. The van der Waals surface area contributed by atoms with Crippen LogP contribution in [0.2, 0.25) is 0 Å². The van der Waals surface area contributed by atoms with E-state index in [0.717, 1.165) is 0 Å². The summed E-state index contributed by atoms with van der Waals surface area (Å²) in [5.41, 5.74) is 13.8. The van der Waals surface area contributed by atoms with Crippen LogP contribution in [0.1, 0.15) is 10.5 Å². The number of hydrogen-bond acceptors (Lipinski definition) is 7. The highest BCUT2D eigenvalue weighted by Crippen LogP contribution is 2.13. The van der Waals surface area contributed by atoms with Crippen LogP contribution in [0.25, 0.3) is 0 Å². The molecule has 1 aliphatic rings. The third kappa shape index (κ3) is 3.04. The summed E-state index contributed by atoms with van der Waals surface area (Å²) in [6, 6.07) is 0. The molecule has 0 fully saturated rings. The third-order valence-corrected chi connectivity index (χ3v) is 1.87. The predicted molar refractivity (Wildman–Crippen MR) is 59.5 cm³/mol. The van der Waals surface area contributed by atoms with E-state index in [1.54, 1.807) is 0 Å². The molecule has 10 N–H and O–H groups in total. The van der Waals surface area contributed by atoms with E-state index in [4.69, 9.17) is 5.11 Å². The Morgan fingerprint density at radius 1 is 1.29 bits per heavy atom. The lowest BCUT2D eigenvalue weighted by atomic mass is 10.3. The molecule has 0 radical (unpaired) electrons. The normalized spacial score (nSPS) is 17.8. The first-order valence-corrected chi connectivity index (χ1v) is 4.64. The zero-order valence-corrected chi connectivity index (χ0v) is 9.10. The number of aliphatic hydroxyl groups excluding tert-OH is 1. The number of aromatic nitrogens is 2. The van der Waals surface area contributed by atoms with E-state index in [-0.39, 0.29) is 11.5 Å². The number of aliphatic hydroxyl groups is 1. The van der Waals surface area contributed by atoms with Crippen LogP contribution in [0.4, 0.5) is 5.82 Å². The number of aromatic amines is 1. The summed E-state index contributed by atoms with van der Waals surface area (Å²) in [6.45, 7) is 0. The lowest BCUT2D eigenvalue weighted by Crippen LogP contribution is -2.45. The Balaban J connectivity index is 0.000000317. The van der Waals surface area contributed by atoms with E-state index in [2.05, 4.69) is 32.8 Å². The fourth-order valence-electron chi connectivity index (χ4n) is 1.25. The van der Waals surface area contributed by atoms with Gasteiger partial charge in [0.2, 0.25) is 6.35 Å². The van der Waals surface area contributed by atoms with E-state index in [1.165, 1.54) is 11.6 Å². The minimum absolute atomic E-state index is 0.190. The fraction of sp³-hybridized carbons (Fsp3) is 0.429. The average Bonchev–Trinajstić information content (AvgIpc) is 2.40. The first-order chi connectivity index (χ1) is 7.82. The summed E-state index contributed by atoms with van der Waals surface area (Å²) in [7, 11) is 1.47. The van der Waals surface area contributed by atoms with Crippen LogP contribution in [0.5, 0.6) is 0 Å². The van der Waals surface area contributed by atoms with Gasteiger partial charge in [-0.05, 0) is 0 Å². The van der Waals surface area contributed by atoms with E-state index in [1.807, 2.05) is 0 Å². The van der Waals surface area contributed by atoms with Gasteiger partial charge in [0.05, 0.1) is 0 Å². The molecule has 2 rings (SSSR count). The molecule has 10 heteroatoms. The van der Waals surface area contributed by atoms with Crippen LogP contribution < -0.4 is 33.5 Å². The van der Waals surface area contributed by atoms with Crippen molar-refractivity contribution in [2.75, 3.05) is 5.32 Å².